The number of benzene rings is 2. The SMILES string of the molecule is Cc1ccc(Br)cc1NCc1ccc(C(C)(C)C)cc1. The fourth-order valence-electron chi connectivity index (χ4n) is 2.10. The molecule has 1 N–H and O–H groups in total. The average molecular weight is 332 g/mol. The van der Waals surface area contributed by atoms with Crippen LogP contribution in [0, 0.1) is 6.92 Å². The van der Waals surface area contributed by atoms with Crippen LogP contribution in [0.5, 0.6) is 0 Å². The Bertz CT molecular complexity index is 579. The van der Waals surface area contributed by atoms with Crippen LogP contribution in [-0.2, 0) is 12.0 Å². The van der Waals surface area contributed by atoms with Gasteiger partial charge in [-0.05, 0) is 41.2 Å². The third kappa shape index (κ3) is 3.86. The Morgan fingerprint density at radius 3 is 2.25 bits per heavy atom. The maximum absolute atomic E-state index is 3.51. The van der Waals surface area contributed by atoms with E-state index in [9.17, 15) is 0 Å². The molecule has 0 spiro atoms. The summed E-state index contributed by atoms with van der Waals surface area (Å²) in [6, 6.07) is 15.2. The van der Waals surface area contributed by atoms with Gasteiger partial charge in [-0.1, -0.05) is 67.0 Å². The summed E-state index contributed by atoms with van der Waals surface area (Å²) in [6.45, 7) is 9.69. The molecule has 0 aliphatic rings. The second-order valence-electron chi connectivity index (χ2n) is 6.26. The van der Waals surface area contributed by atoms with Crippen LogP contribution in [0.2, 0.25) is 0 Å². The van der Waals surface area contributed by atoms with Gasteiger partial charge < -0.3 is 5.32 Å². The van der Waals surface area contributed by atoms with Gasteiger partial charge in [-0.15, -0.1) is 0 Å². The monoisotopic (exact) mass is 331 g/mol. The Hall–Kier alpha value is -1.28. The van der Waals surface area contributed by atoms with Crippen molar-refractivity contribution in [2.75, 3.05) is 5.32 Å². The van der Waals surface area contributed by atoms with Crippen molar-refractivity contribution < 1.29 is 0 Å². The van der Waals surface area contributed by atoms with E-state index in [4.69, 9.17) is 0 Å². The van der Waals surface area contributed by atoms with Gasteiger partial charge in [0.05, 0.1) is 0 Å². The molecule has 0 unspecified atom stereocenters. The van der Waals surface area contributed by atoms with Crippen LogP contribution in [0.3, 0.4) is 0 Å². The largest absolute Gasteiger partial charge is 0.381 e. The molecule has 0 radical (unpaired) electrons. The molecule has 1 nitrogen and oxygen atoms in total. The van der Waals surface area contributed by atoms with Crippen molar-refractivity contribution in [2.45, 2.75) is 39.7 Å². The summed E-state index contributed by atoms with van der Waals surface area (Å²) in [5, 5.41) is 3.50. The molecule has 0 saturated heterocycles. The van der Waals surface area contributed by atoms with Gasteiger partial charge in [-0.2, -0.15) is 0 Å². The van der Waals surface area contributed by atoms with E-state index < -0.39 is 0 Å². The number of rotatable bonds is 3. The first-order valence-electron chi connectivity index (χ1n) is 6.96. The van der Waals surface area contributed by atoms with Gasteiger partial charge in [0, 0.05) is 16.7 Å². The third-order valence-electron chi connectivity index (χ3n) is 3.50. The first kappa shape index (κ1) is 15.1. The average Bonchev–Trinajstić information content (AvgIpc) is 2.39. The summed E-state index contributed by atoms with van der Waals surface area (Å²) in [5.41, 5.74) is 5.34. The number of hydrogen-bond donors (Lipinski definition) is 1. The summed E-state index contributed by atoms with van der Waals surface area (Å²) in [6.07, 6.45) is 0. The van der Waals surface area contributed by atoms with E-state index in [0.717, 1.165) is 11.0 Å². The van der Waals surface area contributed by atoms with Gasteiger partial charge >= 0.3 is 0 Å². The van der Waals surface area contributed by atoms with Crippen LogP contribution in [0.4, 0.5) is 5.69 Å². The lowest BCUT2D eigenvalue weighted by atomic mass is 9.87. The molecule has 20 heavy (non-hydrogen) atoms. The van der Waals surface area contributed by atoms with Crippen molar-refractivity contribution in [1.82, 2.24) is 0 Å². The lowest BCUT2D eigenvalue weighted by Gasteiger charge is -2.19. The van der Waals surface area contributed by atoms with Crippen LogP contribution in [0.1, 0.15) is 37.5 Å². The molecule has 0 fully saturated rings. The molecule has 2 aromatic carbocycles. The summed E-state index contributed by atoms with van der Waals surface area (Å²) < 4.78 is 1.11. The smallest absolute Gasteiger partial charge is 0.0400 e. The predicted octanol–water partition coefficient (Wildman–Crippen LogP) is 5.67. The minimum atomic E-state index is 0.215. The van der Waals surface area contributed by atoms with Gasteiger partial charge in [0.1, 0.15) is 0 Å². The standard InChI is InChI=1S/C18H22BrN/c1-13-5-10-16(19)11-17(13)20-12-14-6-8-15(9-7-14)18(2,3)4/h5-11,20H,12H2,1-4H3. The molecule has 0 bridgehead atoms. The van der Waals surface area contributed by atoms with Crippen molar-refractivity contribution in [3.63, 3.8) is 0 Å². The molecule has 0 amide bonds. The van der Waals surface area contributed by atoms with Crippen molar-refractivity contribution >= 4 is 21.6 Å². The highest BCUT2D eigenvalue weighted by molar-refractivity contribution is 9.10. The van der Waals surface area contributed by atoms with Gasteiger partial charge in [0.25, 0.3) is 0 Å². The lowest BCUT2D eigenvalue weighted by molar-refractivity contribution is 0.590. The molecule has 0 aliphatic carbocycles. The van der Waals surface area contributed by atoms with E-state index in [1.807, 2.05) is 0 Å². The number of nitrogens with one attached hydrogen (secondary N) is 1. The maximum Gasteiger partial charge on any atom is 0.0400 e. The normalized spacial score (nSPS) is 11.4. The molecule has 0 saturated carbocycles. The fourth-order valence-corrected chi connectivity index (χ4v) is 2.47. The summed E-state index contributed by atoms with van der Waals surface area (Å²) in [5.74, 6) is 0. The molecule has 2 aromatic rings. The van der Waals surface area contributed by atoms with Crippen molar-refractivity contribution in [2.24, 2.45) is 0 Å². The van der Waals surface area contributed by atoms with E-state index >= 15 is 0 Å². The molecule has 0 aliphatic heterocycles. The van der Waals surface area contributed by atoms with Gasteiger partial charge in [0.2, 0.25) is 0 Å². The molecular weight excluding hydrogens is 310 g/mol. The quantitative estimate of drug-likeness (QED) is 0.764. The first-order valence-corrected chi connectivity index (χ1v) is 7.75. The zero-order chi connectivity index (χ0) is 14.8. The molecule has 2 heteroatoms. The molecule has 2 rings (SSSR count). The number of hydrogen-bond acceptors (Lipinski definition) is 1. The van der Waals surface area contributed by atoms with Crippen molar-refractivity contribution in [1.29, 1.82) is 0 Å². The highest BCUT2D eigenvalue weighted by atomic mass is 79.9. The Kier molecular flexibility index (Phi) is 4.54. The minimum Gasteiger partial charge on any atom is -0.381 e. The van der Waals surface area contributed by atoms with Crippen molar-refractivity contribution in [3.05, 3.63) is 63.6 Å². The molecule has 106 valence electrons. The van der Waals surface area contributed by atoms with Crippen molar-refractivity contribution in [3.8, 4) is 0 Å². The van der Waals surface area contributed by atoms with Crippen LogP contribution in [0.25, 0.3) is 0 Å². The minimum absolute atomic E-state index is 0.215. The molecule has 0 heterocycles. The maximum atomic E-state index is 3.51. The van der Waals surface area contributed by atoms with E-state index in [0.29, 0.717) is 0 Å². The first-order chi connectivity index (χ1) is 9.36. The van der Waals surface area contributed by atoms with Gasteiger partial charge in [-0.25, -0.2) is 0 Å². The number of anilines is 1. The van der Waals surface area contributed by atoms with Crippen LogP contribution in [-0.4, -0.2) is 0 Å². The second-order valence-corrected chi connectivity index (χ2v) is 7.18. The third-order valence-corrected chi connectivity index (χ3v) is 4.00. The summed E-state index contributed by atoms with van der Waals surface area (Å²) >= 11 is 3.51. The topological polar surface area (TPSA) is 12.0 Å². The van der Waals surface area contributed by atoms with E-state index in [1.165, 1.54) is 22.4 Å². The summed E-state index contributed by atoms with van der Waals surface area (Å²) in [7, 11) is 0. The number of halogens is 1. The highest BCUT2D eigenvalue weighted by Gasteiger charge is 2.12. The Labute approximate surface area is 130 Å². The molecule has 0 aromatic heterocycles. The van der Waals surface area contributed by atoms with Crippen LogP contribution < -0.4 is 5.32 Å². The zero-order valence-electron chi connectivity index (χ0n) is 12.6. The fraction of sp³-hybridized carbons (Fsp3) is 0.333. The van der Waals surface area contributed by atoms with Crippen LogP contribution >= 0.6 is 15.9 Å². The Balaban J connectivity index is 2.06. The Morgan fingerprint density at radius 2 is 1.65 bits per heavy atom. The zero-order valence-corrected chi connectivity index (χ0v) is 14.2. The lowest BCUT2D eigenvalue weighted by Crippen LogP contribution is -2.11. The van der Waals surface area contributed by atoms with E-state index in [-0.39, 0.29) is 5.41 Å². The van der Waals surface area contributed by atoms with E-state index in [1.54, 1.807) is 0 Å². The molecular formula is C18H22BrN. The van der Waals surface area contributed by atoms with Gasteiger partial charge in [0.15, 0.2) is 0 Å². The Morgan fingerprint density at radius 1 is 1.00 bits per heavy atom. The molecule has 0 atom stereocenters. The highest BCUT2D eigenvalue weighted by Crippen LogP contribution is 2.23. The van der Waals surface area contributed by atoms with Gasteiger partial charge in [-0.3, -0.25) is 0 Å². The predicted molar refractivity (Wildman–Crippen MR) is 91.3 cm³/mol. The summed E-state index contributed by atoms with van der Waals surface area (Å²) in [4.78, 5) is 0. The second kappa shape index (κ2) is 6.01. The van der Waals surface area contributed by atoms with Crippen LogP contribution in [0.15, 0.2) is 46.9 Å². The number of aryl methyl sites for hydroxylation is 1. The van der Waals surface area contributed by atoms with E-state index in [2.05, 4.69) is 91.4 Å².